The van der Waals surface area contributed by atoms with Gasteiger partial charge < -0.3 is 4.57 Å². The maximum Gasteiger partial charge on any atom is 0.150 e. The Bertz CT molecular complexity index is 966. The molecule has 4 rings (SSSR count). The number of aryl methyl sites for hydroxylation is 1. The number of fused-ring (bicyclic) bond motifs is 1. The van der Waals surface area contributed by atoms with Gasteiger partial charge in [0, 0.05) is 31.5 Å². The zero-order valence-corrected chi connectivity index (χ0v) is 14.4. The van der Waals surface area contributed by atoms with Crippen molar-refractivity contribution in [1.82, 2.24) is 24.3 Å². The summed E-state index contributed by atoms with van der Waals surface area (Å²) in [6, 6.07) is 6.45. The van der Waals surface area contributed by atoms with Gasteiger partial charge in [-0.1, -0.05) is 17.8 Å². The molecule has 23 heavy (non-hydrogen) atoms. The summed E-state index contributed by atoms with van der Waals surface area (Å²) in [6.45, 7) is 0.801. The van der Waals surface area contributed by atoms with Crippen molar-refractivity contribution in [2.24, 2.45) is 7.05 Å². The van der Waals surface area contributed by atoms with Crippen LogP contribution in [0, 0.1) is 0 Å². The van der Waals surface area contributed by atoms with Crippen LogP contribution in [0.3, 0.4) is 0 Å². The topological polar surface area (TPSA) is 48.5 Å². The van der Waals surface area contributed by atoms with E-state index in [1.54, 1.807) is 27.8 Å². The molecule has 0 amide bonds. The SMILES string of the molecule is CSc1nc2ccc(Cn3cnc(-c4cnn(C)c4)c3)cc2s1. The summed E-state index contributed by atoms with van der Waals surface area (Å²) in [5.41, 5.74) is 4.31. The van der Waals surface area contributed by atoms with Crippen LogP contribution in [-0.2, 0) is 13.6 Å². The Labute approximate surface area is 142 Å². The molecule has 4 aromatic rings. The van der Waals surface area contributed by atoms with Gasteiger partial charge in [0.05, 0.1) is 28.4 Å². The van der Waals surface area contributed by atoms with Gasteiger partial charge in [-0.2, -0.15) is 5.10 Å². The van der Waals surface area contributed by atoms with E-state index in [0.717, 1.165) is 27.7 Å². The van der Waals surface area contributed by atoms with E-state index in [-0.39, 0.29) is 0 Å². The number of rotatable bonds is 4. The summed E-state index contributed by atoms with van der Waals surface area (Å²) >= 11 is 3.43. The molecule has 0 aliphatic rings. The van der Waals surface area contributed by atoms with Crippen LogP contribution in [-0.4, -0.2) is 30.6 Å². The molecule has 0 saturated carbocycles. The van der Waals surface area contributed by atoms with Crippen LogP contribution in [0.5, 0.6) is 0 Å². The zero-order valence-electron chi connectivity index (χ0n) is 12.8. The van der Waals surface area contributed by atoms with Crippen molar-refractivity contribution < 1.29 is 0 Å². The lowest BCUT2D eigenvalue weighted by atomic mass is 10.2. The molecule has 0 fully saturated rings. The predicted octanol–water partition coefficient (Wildman–Crippen LogP) is 3.66. The average Bonchev–Trinajstić information content (AvgIpc) is 3.25. The molecule has 0 unspecified atom stereocenters. The van der Waals surface area contributed by atoms with Crippen LogP contribution in [0.25, 0.3) is 21.5 Å². The minimum Gasteiger partial charge on any atom is -0.332 e. The first-order valence-electron chi connectivity index (χ1n) is 7.15. The molecule has 0 aliphatic heterocycles. The first-order chi connectivity index (χ1) is 11.2. The second kappa shape index (κ2) is 5.82. The highest BCUT2D eigenvalue weighted by Gasteiger charge is 2.07. The minimum absolute atomic E-state index is 0.801. The van der Waals surface area contributed by atoms with Crippen molar-refractivity contribution in [3.8, 4) is 11.3 Å². The molecule has 0 spiro atoms. The Balaban J connectivity index is 1.59. The highest BCUT2D eigenvalue weighted by molar-refractivity contribution is 8.00. The van der Waals surface area contributed by atoms with Crippen molar-refractivity contribution in [1.29, 1.82) is 0 Å². The Morgan fingerprint density at radius 3 is 2.96 bits per heavy atom. The smallest absolute Gasteiger partial charge is 0.150 e. The third-order valence-electron chi connectivity index (χ3n) is 3.61. The minimum atomic E-state index is 0.801. The second-order valence-electron chi connectivity index (χ2n) is 5.32. The van der Waals surface area contributed by atoms with Crippen LogP contribution in [0.2, 0.25) is 0 Å². The number of imidazole rings is 1. The highest BCUT2D eigenvalue weighted by Crippen LogP contribution is 2.29. The van der Waals surface area contributed by atoms with Gasteiger partial charge in [0.25, 0.3) is 0 Å². The van der Waals surface area contributed by atoms with E-state index in [2.05, 4.69) is 50.3 Å². The maximum atomic E-state index is 4.58. The Morgan fingerprint density at radius 2 is 2.17 bits per heavy atom. The molecule has 116 valence electrons. The largest absolute Gasteiger partial charge is 0.332 e. The van der Waals surface area contributed by atoms with Crippen molar-refractivity contribution in [3.05, 3.63) is 48.7 Å². The quantitative estimate of drug-likeness (QED) is 0.532. The van der Waals surface area contributed by atoms with Gasteiger partial charge in [0.15, 0.2) is 4.34 Å². The molecule has 0 atom stereocenters. The first-order valence-corrected chi connectivity index (χ1v) is 9.19. The summed E-state index contributed by atoms with van der Waals surface area (Å²) in [6.07, 6.45) is 9.79. The predicted molar refractivity (Wildman–Crippen MR) is 94.9 cm³/mol. The highest BCUT2D eigenvalue weighted by atomic mass is 32.2. The molecule has 3 aromatic heterocycles. The number of nitrogens with zero attached hydrogens (tertiary/aromatic N) is 5. The van der Waals surface area contributed by atoms with Crippen LogP contribution in [0.4, 0.5) is 0 Å². The van der Waals surface area contributed by atoms with Gasteiger partial charge >= 0.3 is 0 Å². The Morgan fingerprint density at radius 1 is 1.26 bits per heavy atom. The lowest BCUT2D eigenvalue weighted by Gasteiger charge is -2.02. The van der Waals surface area contributed by atoms with Gasteiger partial charge in [-0.15, -0.1) is 11.3 Å². The van der Waals surface area contributed by atoms with Crippen LogP contribution in [0.1, 0.15) is 5.56 Å². The van der Waals surface area contributed by atoms with Crippen LogP contribution in [0.15, 0.2) is 47.5 Å². The molecule has 0 aliphatic carbocycles. The fourth-order valence-electron chi connectivity index (χ4n) is 2.49. The van der Waals surface area contributed by atoms with E-state index in [9.17, 15) is 0 Å². The average molecular weight is 341 g/mol. The lowest BCUT2D eigenvalue weighted by molar-refractivity contribution is 0.768. The standard InChI is InChI=1S/C16H15N5S2/c1-20-8-12(6-18-20)14-9-21(10-17-14)7-11-3-4-13-15(5-11)23-16(19-13)22-2/h3-6,8-10H,7H2,1-2H3. The number of thiazole rings is 1. The molecule has 7 heteroatoms. The van der Waals surface area contributed by atoms with E-state index < -0.39 is 0 Å². The summed E-state index contributed by atoms with van der Waals surface area (Å²) in [5.74, 6) is 0. The van der Waals surface area contributed by atoms with E-state index in [1.165, 1.54) is 10.3 Å². The van der Waals surface area contributed by atoms with Crippen molar-refractivity contribution in [2.45, 2.75) is 10.9 Å². The fourth-order valence-corrected chi connectivity index (χ4v) is 4.05. The molecule has 0 radical (unpaired) electrons. The summed E-state index contributed by atoms with van der Waals surface area (Å²) in [5, 5.41) is 4.19. The van der Waals surface area contributed by atoms with E-state index in [4.69, 9.17) is 0 Å². The fraction of sp³-hybridized carbons (Fsp3) is 0.188. The number of thioether (sulfide) groups is 1. The van der Waals surface area contributed by atoms with E-state index in [0.29, 0.717) is 0 Å². The molecule has 0 bridgehead atoms. The third-order valence-corrected chi connectivity index (χ3v) is 5.61. The Hall–Kier alpha value is -2.12. The molecular formula is C16H15N5S2. The number of hydrogen-bond donors (Lipinski definition) is 0. The summed E-state index contributed by atoms with van der Waals surface area (Å²) in [4.78, 5) is 9.05. The second-order valence-corrected chi connectivity index (χ2v) is 7.40. The van der Waals surface area contributed by atoms with Crippen LogP contribution < -0.4 is 0 Å². The van der Waals surface area contributed by atoms with Crippen molar-refractivity contribution in [3.63, 3.8) is 0 Å². The maximum absolute atomic E-state index is 4.58. The molecule has 5 nitrogen and oxygen atoms in total. The molecule has 1 aromatic carbocycles. The van der Waals surface area contributed by atoms with Crippen molar-refractivity contribution in [2.75, 3.05) is 6.26 Å². The van der Waals surface area contributed by atoms with E-state index >= 15 is 0 Å². The van der Waals surface area contributed by atoms with Gasteiger partial charge in [-0.25, -0.2) is 9.97 Å². The molecular weight excluding hydrogens is 326 g/mol. The third kappa shape index (κ3) is 2.89. The first kappa shape index (κ1) is 14.5. The lowest BCUT2D eigenvalue weighted by Crippen LogP contribution is -1.95. The zero-order chi connectivity index (χ0) is 15.8. The van der Waals surface area contributed by atoms with Crippen LogP contribution >= 0.6 is 23.1 Å². The van der Waals surface area contributed by atoms with E-state index in [1.807, 2.05) is 25.8 Å². The Kier molecular flexibility index (Phi) is 3.66. The molecule has 3 heterocycles. The number of aromatic nitrogens is 5. The van der Waals surface area contributed by atoms with Gasteiger partial charge in [-0.05, 0) is 24.0 Å². The normalized spacial score (nSPS) is 11.4. The monoisotopic (exact) mass is 341 g/mol. The van der Waals surface area contributed by atoms with Gasteiger partial charge in [0.2, 0.25) is 0 Å². The van der Waals surface area contributed by atoms with Gasteiger partial charge in [0.1, 0.15) is 0 Å². The molecule has 0 N–H and O–H groups in total. The summed E-state index contributed by atoms with van der Waals surface area (Å²) in [7, 11) is 1.91. The molecule has 0 saturated heterocycles. The number of hydrogen-bond acceptors (Lipinski definition) is 5. The number of benzene rings is 1. The van der Waals surface area contributed by atoms with Crippen molar-refractivity contribution >= 4 is 33.3 Å². The van der Waals surface area contributed by atoms with Gasteiger partial charge in [-0.3, -0.25) is 4.68 Å². The summed E-state index contributed by atoms with van der Waals surface area (Å²) < 4.78 is 6.23.